The predicted octanol–water partition coefficient (Wildman–Crippen LogP) is 5.07. The average Bonchev–Trinajstić information content (AvgIpc) is 2.71. The summed E-state index contributed by atoms with van der Waals surface area (Å²) < 4.78 is 5.53. The summed E-state index contributed by atoms with van der Waals surface area (Å²) in [5.41, 5.74) is 0.732. The predicted molar refractivity (Wildman–Crippen MR) is 87.4 cm³/mol. The zero-order chi connectivity index (χ0) is 15.1. The lowest BCUT2D eigenvalue weighted by molar-refractivity contribution is 0.205. The van der Waals surface area contributed by atoms with Crippen molar-refractivity contribution in [3.05, 3.63) is 0 Å². The van der Waals surface area contributed by atoms with E-state index >= 15 is 0 Å². The third-order valence-electron chi connectivity index (χ3n) is 4.11. The van der Waals surface area contributed by atoms with E-state index in [1.807, 2.05) is 0 Å². The molecule has 112 valence electrons. The van der Waals surface area contributed by atoms with E-state index < -0.39 is 0 Å². The molecule has 0 bridgehead atoms. The fraction of sp³-hybridized carbons (Fsp3) is 1.00. The fourth-order valence-corrected chi connectivity index (χ4v) is 4.70. The normalized spacial score (nSPS) is 21.4. The molecule has 0 aromatic heterocycles. The SMILES string of the molecule is CC(C)(C)CC(C)(C)BC(C)(C)CC(C)(C)C1CO1. The van der Waals surface area contributed by atoms with E-state index in [1.54, 1.807) is 0 Å². The zero-order valence-electron chi connectivity index (χ0n) is 14.8. The van der Waals surface area contributed by atoms with Crippen molar-refractivity contribution in [2.24, 2.45) is 10.8 Å². The molecule has 0 amide bonds. The first kappa shape index (κ1) is 17.1. The molecule has 1 heterocycles. The smallest absolute Gasteiger partial charge is 0.134 e. The Morgan fingerprint density at radius 2 is 1.26 bits per heavy atom. The molecule has 1 nitrogen and oxygen atoms in total. The lowest BCUT2D eigenvalue weighted by Crippen LogP contribution is -2.33. The van der Waals surface area contributed by atoms with Crippen molar-refractivity contribution < 1.29 is 4.74 Å². The quantitative estimate of drug-likeness (QED) is 0.483. The van der Waals surface area contributed by atoms with Crippen molar-refractivity contribution in [2.75, 3.05) is 6.61 Å². The minimum Gasteiger partial charge on any atom is -0.373 e. The maximum atomic E-state index is 5.53. The van der Waals surface area contributed by atoms with E-state index in [0.29, 0.717) is 27.6 Å². The first-order valence-electron chi connectivity index (χ1n) is 7.84. The molecule has 1 saturated heterocycles. The lowest BCUT2D eigenvalue weighted by Gasteiger charge is -2.41. The Morgan fingerprint density at radius 3 is 1.63 bits per heavy atom. The molecular formula is C17H35BO. The van der Waals surface area contributed by atoms with Gasteiger partial charge in [0.25, 0.3) is 0 Å². The first-order chi connectivity index (χ1) is 8.23. The van der Waals surface area contributed by atoms with Gasteiger partial charge in [0, 0.05) is 0 Å². The van der Waals surface area contributed by atoms with Crippen LogP contribution in [0, 0.1) is 10.8 Å². The monoisotopic (exact) mass is 266 g/mol. The van der Waals surface area contributed by atoms with Crippen molar-refractivity contribution in [1.82, 2.24) is 0 Å². The second kappa shape index (κ2) is 5.09. The zero-order valence-corrected chi connectivity index (χ0v) is 14.8. The van der Waals surface area contributed by atoms with Gasteiger partial charge in [-0.05, 0) is 17.3 Å². The summed E-state index contributed by atoms with van der Waals surface area (Å²) in [4.78, 5) is 0. The molecule has 1 atom stereocenters. The van der Waals surface area contributed by atoms with E-state index in [4.69, 9.17) is 4.74 Å². The van der Waals surface area contributed by atoms with Crippen LogP contribution in [0.15, 0.2) is 0 Å². The van der Waals surface area contributed by atoms with Crippen molar-refractivity contribution >= 4 is 7.28 Å². The van der Waals surface area contributed by atoms with Gasteiger partial charge in [-0.2, -0.15) is 0 Å². The third-order valence-corrected chi connectivity index (χ3v) is 4.11. The van der Waals surface area contributed by atoms with Gasteiger partial charge in [0.1, 0.15) is 7.28 Å². The van der Waals surface area contributed by atoms with Gasteiger partial charge in [0.05, 0.1) is 12.7 Å². The molecule has 19 heavy (non-hydrogen) atoms. The summed E-state index contributed by atoms with van der Waals surface area (Å²) in [6.45, 7) is 22.5. The van der Waals surface area contributed by atoms with Gasteiger partial charge >= 0.3 is 0 Å². The van der Waals surface area contributed by atoms with Crippen LogP contribution < -0.4 is 0 Å². The van der Waals surface area contributed by atoms with Crippen LogP contribution in [-0.2, 0) is 4.74 Å². The molecular weight excluding hydrogens is 231 g/mol. The Labute approximate surface area is 122 Å². The topological polar surface area (TPSA) is 12.5 Å². The van der Waals surface area contributed by atoms with Gasteiger partial charge in [0.15, 0.2) is 0 Å². The van der Waals surface area contributed by atoms with Gasteiger partial charge in [-0.25, -0.2) is 0 Å². The maximum absolute atomic E-state index is 5.53. The molecule has 0 radical (unpaired) electrons. The summed E-state index contributed by atoms with van der Waals surface area (Å²) in [5.74, 6) is 0. The van der Waals surface area contributed by atoms with Crippen LogP contribution >= 0.6 is 0 Å². The van der Waals surface area contributed by atoms with Gasteiger partial charge in [-0.1, -0.05) is 79.4 Å². The van der Waals surface area contributed by atoms with Gasteiger partial charge in [0.2, 0.25) is 0 Å². The molecule has 0 aromatic carbocycles. The van der Waals surface area contributed by atoms with Crippen LogP contribution in [0.25, 0.3) is 0 Å². The number of ether oxygens (including phenoxy) is 1. The highest BCUT2D eigenvalue weighted by molar-refractivity contribution is 6.43. The number of epoxide rings is 1. The van der Waals surface area contributed by atoms with Crippen molar-refractivity contribution in [2.45, 2.75) is 91.9 Å². The average molecular weight is 266 g/mol. The van der Waals surface area contributed by atoms with Crippen LogP contribution in [0.3, 0.4) is 0 Å². The molecule has 1 unspecified atom stereocenters. The van der Waals surface area contributed by atoms with Crippen LogP contribution in [-0.4, -0.2) is 20.0 Å². The van der Waals surface area contributed by atoms with E-state index in [9.17, 15) is 0 Å². The minimum atomic E-state index is 0.321. The molecule has 1 aliphatic rings. The van der Waals surface area contributed by atoms with Crippen molar-refractivity contribution in [1.29, 1.82) is 0 Å². The van der Waals surface area contributed by atoms with Gasteiger partial charge in [-0.3, -0.25) is 0 Å². The van der Waals surface area contributed by atoms with E-state index in [-0.39, 0.29) is 0 Å². The standard InChI is InChI=1S/C17H35BO/c1-14(2,3)11-16(6,7)18-17(8,9)12-15(4,5)13-10-19-13/h13,18H,10-12H2,1-9H3. The molecule has 0 aliphatic carbocycles. The molecule has 0 spiro atoms. The second-order valence-electron chi connectivity index (χ2n) is 10.2. The number of hydrogen-bond acceptors (Lipinski definition) is 1. The first-order valence-corrected chi connectivity index (χ1v) is 7.84. The summed E-state index contributed by atoms with van der Waals surface area (Å²) in [7, 11) is 1.29. The summed E-state index contributed by atoms with van der Waals surface area (Å²) in [6, 6.07) is 0. The molecule has 1 rings (SSSR count). The van der Waals surface area contributed by atoms with Crippen LogP contribution in [0.5, 0.6) is 0 Å². The molecule has 0 aromatic rings. The summed E-state index contributed by atoms with van der Waals surface area (Å²) in [6.07, 6.45) is 3.03. The summed E-state index contributed by atoms with van der Waals surface area (Å²) >= 11 is 0. The fourth-order valence-electron chi connectivity index (χ4n) is 4.70. The van der Waals surface area contributed by atoms with Gasteiger partial charge in [-0.15, -0.1) is 0 Å². The second-order valence-corrected chi connectivity index (χ2v) is 10.2. The molecule has 2 heteroatoms. The Balaban J connectivity index is 2.62. The Kier molecular flexibility index (Phi) is 4.58. The lowest BCUT2D eigenvalue weighted by atomic mass is 9.37. The van der Waals surface area contributed by atoms with Crippen LogP contribution in [0.1, 0.15) is 75.2 Å². The highest BCUT2D eigenvalue weighted by Gasteiger charge is 2.44. The third kappa shape index (κ3) is 6.34. The minimum absolute atomic E-state index is 0.321. The molecule has 1 fully saturated rings. The highest BCUT2D eigenvalue weighted by Crippen LogP contribution is 2.50. The Morgan fingerprint density at radius 1 is 0.842 bits per heavy atom. The van der Waals surface area contributed by atoms with E-state index in [2.05, 4.69) is 62.3 Å². The van der Waals surface area contributed by atoms with E-state index in [1.165, 1.54) is 20.1 Å². The summed E-state index contributed by atoms with van der Waals surface area (Å²) in [5, 5.41) is 0.784. The Hall–Kier alpha value is 0.0249. The molecule has 0 N–H and O–H groups in total. The van der Waals surface area contributed by atoms with E-state index in [0.717, 1.165) is 6.61 Å². The molecule has 0 saturated carbocycles. The number of rotatable bonds is 6. The van der Waals surface area contributed by atoms with Gasteiger partial charge < -0.3 is 4.74 Å². The van der Waals surface area contributed by atoms with Crippen LogP contribution in [0.4, 0.5) is 0 Å². The Bertz CT molecular complexity index is 306. The highest BCUT2D eigenvalue weighted by atomic mass is 16.6. The van der Waals surface area contributed by atoms with Crippen LogP contribution in [0.2, 0.25) is 10.6 Å². The molecule has 1 aliphatic heterocycles. The largest absolute Gasteiger partial charge is 0.373 e. The van der Waals surface area contributed by atoms with Crippen molar-refractivity contribution in [3.63, 3.8) is 0 Å². The maximum Gasteiger partial charge on any atom is 0.134 e. The van der Waals surface area contributed by atoms with Crippen molar-refractivity contribution in [3.8, 4) is 0 Å². The number of hydrogen-bond donors (Lipinski definition) is 0.